The first kappa shape index (κ1) is 8.25. The van der Waals surface area contributed by atoms with Gasteiger partial charge in [-0.15, -0.1) is 0 Å². The van der Waals surface area contributed by atoms with Gasteiger partial charge >= 0.3 is 6.16 Å². The molecule has 2 rings (SSSR count). The number of hydrogen-bond donors (Lipinski definition) is 0. The zero-order chi connectivity index (χ0) is 7.94. The summed E-state index contributed by atoms with van der Waals surface area (Å²) < 4.78 is 8.58. The zero-order valence-corrected chi connectivity index (χ0v) is 5.78. The predicted octanol–water partition coefficient (Wildman–Crippen LogP) is 0.0330. The standard InChI is InChI=1S/C3H4O3.C2H4O3/c4-3-5-1-2-6-3;1-2-4-5-3-1/h1-2H2;1-2H2. The van der Waals surface area contributed by atoms with Crippen LogP contribution in [-0.4, -0.2) is 32.6 Å². The summed E-state index contributed by atoms with van der Waals surface area (Å²) in [6.45, 7) is 1.94. The van der Waals surface area contributed by atoms with E-state index in [2.05, 4.69) is 24.3 Å². The summed E-state index contributed by atoms with van der Waals surface area (Å²) in [6.07, 6.45) is -0.546. The van der Waals surface area contributed by atoms with Crippen LogP contribution in [0, 0.1) is 0 Å². The Morgan fingerprint density at radius 1 is 0.909 bits per heavy atom. The highest BCUT2D eigenvalue weighted by atomic mass is 17.5. The van der Waals surface area contributed by atoms with Crippen molar-refractivity contribution in [2.45, 2.75) is 0 Å². The summed E-state index contributed by atoms with van der Waals surface area (Å²) in [5, 5.41) is 3.94. The summed E-state index contributed by atoms with van der Waals surface area (Å²) in [6, 6.07) is 0. The Bertz CT molecular complexity index is 105. The van der Waals surface area contributed by atoms with Crippen molar-refractivity contribution in [3.8, 4) is 0 Å². The van der Waals surface area contributed by atoms with Crippen LogP contribution in [0.5, 0.6) is 0 Å². The number of hydrogen-bond acceptors (Lipinski definition) is 6. The van der Waals surface area contributed by atoms with Crippen LogP contribution in [0.2, 0.25) is 0 Å². The normalized spacial score (nSPS) is 21.6. The Labute approximate surface area is 62.8 Å². The van der Waals surface area contributed by atoms with E-state index in [-0.39, 0.29) is 0 Å². The van der Waals surface area contributed by atoms with Gasteiger partial charge in [-0.1, -0.05) is 5.04 Å². The lowest BCUT2D eigenvalue weighted by Gasteiger charge is -1.78. The van der Waals surface area contributed by atoms with E-state index in [0.717, 1.165) is 0 Å². The molecule has 0 aliphatic carbocycles. The fraction of sp³-hybridized carbons (Fsp3) is 0.800. The lowest BCUT2D eigenvalue weighted by molar-refractivity contribution is -0.452. The lowest BCUT2D eigenvalue weighted by atomic mass is 10.8. The molecule has 0 aromatic carbocycles. The van der Waals surface area contributed by atoms with E-state index in [0.29, 0.717) is 26.4 Å². The van der Waals surface area contributed by atoms with E-state index in [9.17, 15) is 4.79 Å². The van der Waals surface area contributed by atoms with Crippen molar-refractivity contribution in [3.05, 3.63) is 0 Å². The molecule has 0 spiro atoms. The van der Waals surface area contributed by atoms with Gasteiger partial charge in [0.2, 0.25) is 0 Å². The summed E-state index contributed by atoms with van der Waals surface area (Å²) in [5.74, 6) is 0. The van der Waals surface area contributed by atoms with Gasteiger partial charge in [0.05, 0.1) is 0 Å². The van der Waals surface area contributed by atoms with Gasteiger partial charge in [0.1, 0.15) is 26.4 Å². The highest BCUT2D eigenvalue weighted by molar-refractivity contribution is 5.61. The molecule has 6 nitrogen and oxygen atoms in total. The summed E-state index contributed by atoms with van der Waals surface area (Å²) in [5.41, 5.74) is 0. The van der Waals surface area contributed by atoms with Crippen LogP contribution in [0.15, 0.2) is 0 Å². The third-order valence-corrected chi connectivity index (χ3v) is 0.869. The van der Waals surface area contributed by atoms with Gasteiger partial charge < -0.3 is 9.47 Å². The monoisotopic (exact) mass is 164 g/mol. The fourth-order valence-electron chi connectivity index (χ4n) is 0.462. The molecule has 0 atom stereocenters. The SMILES string of the molecule is C1COOO1.O=C1OCCO1. The van der Waals surface area contributed by atoms with Crippen molar-refractivity contribution in [3.63, 3.8) is 0 Å². The maximum Gasteiger partial charge on any atom is 0.508 e. The predicted molar refractivity (Wildman–Crippen MR) is 30.3 cm³/mol. The van der Waals surface area contributed by atoms with Gasteiger partial charge in [-0.05, 0) is 0 Å². The van der Waals surface area contributed by atoms with E-state index in [1.807, 2.05) is 0 Å². The van der Waals surface area contributed by atoms with Crippen LogP contribution in [0.25, 0.3) is 0 Å². The van der Waals surface area contributed by atoms with Crippen molar-refractivity contribution < 1.29 is 29.1 Å². The molecular formula is C5H8O6. The second-order valence-corrected chi connectivity index (χ2v) is 1.66. The lowest BCUT2D eigenvalue weighted by Crippen LogP contribution is -1.88. The molecule has 6 heteroatoms. The Morgan fingerprint density at radius 2 is 1.45 bits per heavy atom. The molecule has 2 fully saturated rings. The van der Waals surface area contributed by atoms with Gasteiger partial charge in [0.15, 0.2) is 0 Å². The van der Waals surface area contributed by atoms with Crippen molar-refractivity contribution in [2.75, 3.05) is 26.4 Å². The molecule has 2 aliphatic heterocycles. The highest BCUT2D eigenvalue weighted by Gasteiger charge is 2.09. The van der Waals surface area contributed by atoms with Gasteiger partial charge in [0, 0.05) is 0 Å². The Morgan fingerprint density at radius 3 is 1.64 bits per heavy atom. The summed E-state index contributed by atoms with van der Waals surface area (Å²) in [4.78, 5) is 18.2. The molecule has 0 aromatic heterocycles. The molecule has 2 aliphatic rings. The third kappa shape index (κ3) is 3.76. The first-order valence-electron chi connectivity index (χ1n) is 3.10. The molecule has 2 heterocycles. The van der Waals surface area contributed by atoms with Crippen molar-refractivity contribution in [1.82, 2.24) is 0 Å². The van der Waals surface area contributed by atoms with Crippen LogP contribution in [0.4, 0.5) is 4.79 Å². The number of rotatable bonds is 0. The third-order valence-electron chi connectivity index (χ3n) is 0.869. The molecule has 0 bridgehead atoms. The average Bonchev–Trinajstić information content (AvgIpc) is 2.57. The van der Waals surface area contributed by atoms with E-state index in [1.165, 1.54) is 0 Å². The maximum absolute atomic E-state index is 9.80. The number of cyclic esters (lactones) is 2. The first-order chi connectivity index (χ1) is 5.39. The smallest absolute Gasteiger partial charge is 0.431 e. The molecule has 0 unspecified atom stereocenters. The second-order valence-electron chi connectivity index (χ2n) is 1.66. The van der Waals surface area contributed by atoms with Gasteiger partial charge in [-0.25, -0.2) is 14.6 Å². The van der Waals surface area contributed by atoms with Gasteiger partial charge in [-0.3, -0.25) is 0 Å². The molecule has 11 heavy (non-hydrogen) atoms. The molecule has 64 valence electrons. The average molecular weight is 164 g/mol. The molecule has 0 saturated carbocycles. The van der Waals surface area contributed by atoms with Crippen molar-refractivity contribution in [2.24, 2.45) is 0 Å². The van der Waals surface area contributed by atoms with E-state index in [1.54, 1.807) is 0 Å². The topological polar surface area (TPSA) is 63.2 Å². The molecule has 0 aromatic rings. The summed E-state index contributed by atoms with van der Waals surface area (Å²) >= 11 is 0. The number of carbonyl (C=O) groups is 1. The highest BCUT2D eigenvalue weighted by Crippen LogP contribution is 1.92. The van der Waals surface area contributed by atoms with E-state index in [4.69, 9.17) is 0 Å². The molecule has 0 amide bonds. The van der Waals surface area contributed by atoms with Crippen LogP contribution < -0.4 is 0 Å². The molecule has 2 saturated heterocycles. The quantitative estimate of drug-likeness (QED) is 0.372. The second kappa shape index (κ2) is 4.89. The van der Waals surface area contributed by atoms with E-state index >= 15 is 0 Å². The minimum Gasteiger partial charge on any atom is -0.431 e. The van der Waals surface area contributed by atoms with Crippen LogP contribution >= 0.6 is 0 Å². The fourth-order valence-corrected chi connectivity index (χ4v) is 0.462. The Kier molecular flexibility index (Phi) is 3.67. The largest absolute Gasteiger partial charge is 0.508 e. The van der Waals surface area contributed by atoms with Crippen LogP contribution in [-0.2, 0) is 24.3 Å². The van der Waals surface area contributed by atoms with E-state index < -0.39 is 6.16 Å². The number of carbonyl (C=O) groups excluding carboxylic acids is 1. The Balaban J connectivity index is 0.000000112. The minimum atomic E-state index is -0.546. The van der Waals surface area contributed by atoms with Crippen LogP contribution in [0.1, 0.15) is 0 Å². The van der Waals surface area contributed by atoms with Gasteiger partial charge in [0.25, 0.3) is 0 Å². The van der Waals surface area contributed by atoms with Crippen molar-refractivity contribution >= 4 is 6.16 Å². The van der Waals surface area contributed by atoms with Gasteiger partial charge in [-0.2, -0.15) is 0 Å². The van der Waals surface area contributed by atoms with Crippen molar-refractivity contribution in [1.29, 1.82) is 0 Å². The maximum atomic E-state index is 9.80. The molecule has 0 N–H and O–H groups in total. The number of ether oxygens (including phenoxy) is 2. The molecular weight excluding hydrogens is 156 g/mol. The Hall–Kier alpha value is -0.850. The van der Waals surface area contributed by atoms with Crippen LogP contribution in [0.3, 0.4) is 0 Å². The zero-order valence-electron chi connectivity index (χ0n) is 5.78. The summed E-state index contributed by atoms with van der Waals surface area (Å²) in [7, 11) is 0. The minimum absolute atomic E-state index is 0.416. The molecule has 0 radical (unpaired) electrons. The first-order valence-corrected chi connectivity index (χ1v) is 3.10.